The van der Waals surface area contributed by atoms with Crippen molar-refractivity contribution in [3.05, 3.63) is 59.1 Å². The molecule has 8 heteroatoms. The maximum atomic E-state index is 12.8. The molecule has 150 valence electrons. The number of hydrogen-bond donors (Lipinski definition) is 2. The van der Waals surface area contributed by atoms with Gasteiger partial charge in [-0.1, -0.05) is 23.7 Å². The van der Waals surface area contributed by atoms with E-state index in [1.54, 1.807) is 29.2 Å². The van der Waals surface area contributed by atoms with E-state index in [0.717, 1.165) is 5.69 Å². The van der Waals surface area contributed by atoms with Crippen LogP contribution >= 0.6 is 11.6 Å². The van der Waals surface area contributed by atoms with E-state index in [9.17, 15) is 14.4 Å². The van der Waals surface area contributed by atoms with E-state index in [4.69, 9.17) is 11.6 Å². The average molecular weight is 413 g/mol. The Morgan fingerprint density at radius 1 is 1.00 bits per heavy atom. The predicted octanol–water partition coefficient (Wildman–Crippen LogP) is 2.13. The Labute approximate surface area is 173 Å². The van der Waals surface area contributed by atoms with E-state index in [0.29, 0.717) is 42.5 Å². The van der Waals surface area contributed by atoms with Crippen molar-refractivity contribution in [3.63, 3.8) is 0 Å². The molecule has 1 saturated heterocycles. The molecular formula is C21H21ClN4O3. The van der Waals surface area contributed by atoms with Crippen LogP contribution in [0.2, 0.25) is 5.02 Å². The summed E-state index contributed by atoms with van der Waals surface area (Å²) in [5, 5.41) is 6.09. The predicted molar refractivity (Wildman–Crippen MR) is 111 cm³/mol. The number of fused-ring (bicyclic) bond motifs is 1. The van der Waals surface area contributed by atoms with Crippen molar-refractivity contribution >= 4 is 40.7 Å². The van der Waals surface area contributed by atoms with Crippen LogP contribution < -0.4 is 15.5 Å². The number of nitrogens with one attached hydrogen (secondary N) is 2. The molecule has 1 fully saturated rings. The number of anilines is 2. The van der Waals surface area contributed by atoms with Crippen molar-refractivity contribution < 1.29 is 14.4 Å². The average Bonchev–Trinajstić information content (AvgIpc) is 2.85. The molecule has 7 nitrogen and oxygen atoms in total. The summed E-state index contributed by atoms with van der Waals surface area (Å²) < 4.78 is 0. The van der Waals surface area contributed by atoms with Gasteiger partial charge in [0.25, 0.3) is 5.91 Å². The molecule has 2 aliphatic heterocycles. The Hall–Kier alpha value is -3.06. The van der Waals surface area contributed by atoms with Crippen LogP contribution in [0.3, 0.4) is 0 Å². The van der Waals surface area contributed by atoms with Gasteiger partial charge in [-0.2, -0.15) is 0 Å². The number of hydrogen-bond acceptors (Lipinski definition) is 4. The monoisotopic (exact) mass is 412 g/mol. The van der Waals surface area contributed by atoms with Crippen LogP contribution in [-0.4, -0.2) is 54.8 Å². The molecule has 2 aromatic rings. The highest BCUT2D eigenvalue weighted by molar-refractivity contribution is 6.30. The van der Waals surface area contributed by atoms with Crippen LogP contribution in [0.25, 0.3) is 0 Å². The first-order chi connectivity index (χ1) is 14.0. The summed E-state index contributed by atoms with van der Waals surface area (Å²) in [7, 11) is 0. The number of carbonyl (C=O) groups excluding carboxylic acids is 3. The summed E-state index contributed by atoms with van der Waals surface area (Å²) in [5.41, 5.74) is 1.92. The number of halogens is 1. The van der Waals surface area contributed by atoms with Crippen LogP contribution in [-0.2, 0) is 9.59 Å². The molecule has 4 rings (SSSR count). The SMILES string of the molecule is O=C1N[C@H](CC(=O)N2CCN(c3ccc(Cl)cc3)CC2)C(=O)Nc2ccccc21. The third kappa shape index (κ3) is 4.19. The van der Waals surface area contributed by atoms with Crippen LogP contribution in [0.4, 0.5) is 11.4 Å². The van der Waals surface area contributed by atoms with Crippen LogP contribution in [0.5, 0.6) is 0 Å². The highest BCUT2D eigenvalue weighted by Gasteiger charge is 2.31. The molecule has 0 aromatic heterocycles. The fourth-order valence-electron chi connectivity index (χ4n) is 3.62. The van der Waals surface area contributed by atoms with Crippen molar-refractivity contribution in [3.8, 4) is 0 Å². The molecule has 1 atom stereocenters. The van der Waals surface area contributed by atoms with Gasteiger partial charge in [-0.05, 0) is 36.4 Å². The van der Waals surface area contributed by atoms with Gasteiger partial charge in [-0.25, -0.2) is 0 Å². The minimum Gasteiger partial charge on any atom is -0.368 e. The number of para-hydroxylation sites is 1. The lowest BCUT2D eigenvalue weighted by molar-refractivity contribution is -0.134. The summed E-state index contributed by atoms with van der Waals surface area (Å²) in [6, 6.07) is 13.5. The summed E-state index contributed by atoms with van der Waals surface area (Å²) in [6.07, 6.45) is -0.0630. The van der Waals surface area contributed by atoms with Gasteiger partial charge in [0, 0.05) is 36.9 Å². The Morgan fingerprint density at radius 3 is 2.41 bits per heavy atom. The molecule has 0 aliphatic carbocycles. The zero-order chi connectivity index (χ0) is 20.4. The number of rotatable bonds is 3. The van der Waals surface area contributed by atoms with Gasteiger partial charge in [0.15, 0.2) is 0 Å². The van der Waals surface area contributed by atoms with Crippen LogP contribution in [0.1, 0.15) is 16.8 Å². The minimum atomic E-state index is -0.892. The van der Waals surface area contributed by atoms with Crippen molar-refractivity contribution in [2.75, 3.05) is 36.4 Å². The second kappa shape index (κ2) is 8.13. The van der Waals surface area contributed by atoms with Gasteiger partial charge < -0.3 is 20.4 Å². The molecular weight excluding hydrogens is 392 g/mol. The largest absolute Gasteiger partial charge is 0.368 e. The lowest BCUT2D eigenvalue weighted by Gasteiger charge is -2.36. The fourth-order valence-corrected chi connectivity index (χ4v) is 3.75. The fraction of sp³-hybridized carbons (Fsp3) is 0.286. The third-order valence-corrected chi connectivity index (χ3v) is 5.51. The molecule has 3 amide bonds. The Balaban J connectivity index is 1.36. The highest BCUT2D eigenvalue weighted by Crippen LogP contribution is 2.21. The number of amides is 3. The number of carbonyl (C=O) groups is 3. The molecule has 0 bridgehead atoms. The second-order valence-electron chi connectivity index (χ2n) is 7.11. The zero-order valence-electron chi connectivity index (χ0n) is 15.7. The lowest BCUT2D eigenvalue weighted by Crippen LogP contribution is -2.51. The molecule has 0 radical (unpaired) electrons. The normalized spacial score (nSPS) is 19.1. The summed E-state index contributed by atoms with van der Waals surface area (Å²) >= 11 is 5.94. The minimum absolute atomic E-state index is 0.0630. The number of nitrogens with zero attached hydrogens (tertiary/aromatic N) is 2. The molecule has 29 heavy (non-hydrogen) atoms. The Kier molecular flexibility index (Phi) is 5.40. The molecule has 0 saturated carbocycles. The molecule has 2 N–H and O–H groups in total. The molecule has 0 spiro atoms. The van der Waals surface area contributed by atoms with E-state index in [1.807, 2.05) is 24.3 Å². The summed E-state index contributed by atoms with van der Waals surface area (Å²) in [5.74, 6) is -0.882. The zero-order valence-corrected chi connectivity index (χ0v) is 16.5. The maximum absolute atomic E-state index is 12.8. The van der Waals surface area contributed by atoms with Crippen molar-refractivity contribution in [2.45, 2.75) is 12.5 Å². The van der Waals surface area contributed by atoms with Crippen molar-refractivity contribution in [1.29, 1.82) is 0 Å². The third-order valence-electron chi connectivity index (χ3n) is 5.25. The summed E-state index contributed by atoms with van der Waals surface area (Å²) in [6.45, 7) is 2.51. The van der Waals surface area contributed by atoms with Crippen molar-refractivity contribution in [1.82, 2.24) is 10.2 Å². The van der Waals surface area contributed by atoms with E-state index >= 15 is 0 Å². The first-order valence-electron chi connectivity index (χ1n) is 9.50. The molecule has 2 aliphatic rings. The van der Waals surface area contributed by atoms with Gasteiger partial charge in [0.05, 0.1) is 17.7 Å². The quantitative estimate of drug-likeness (QED) is 0.809. The van der Waals surface area contributed by atoms with Crippen LogP contribution in [0.15, 0.2) is 48.5 Å². The van der Waals surface area contributed by atoms with E-state index in [-0.39, 0.29) is 24.1 Å². The first-order valence-corrected chi connectivity index (χ1v) is 9.88. The van der Waals surface area contributed by atoms with Gasteiger partial charge in [0.2, 0.25) is 11.8 Å². The smallest absolute Gasteiger partial charge is 0.254 e. The van der Waals surface area contributed by atoms with Gasteiger partial charge in [0.1, 0.15) is 6.04 Å². The van der Waals surface area contributed by atoms with Crippen molar-refractivity contribution in [2.24, 2.45) is 0 Å². The summed E-state index contributed by atoms with van der Waals surface area (Å²) in [4.78, 5) is 41.6. The topological polar surface area (TPSA) is 81.8 Å². The second-order valence-corrected chi connectivity index (χ2v) is 7.55. The Bertz CT molecular complexity index is 939. The Morgan fingerprint density at radius 2 is 1.69 bits per heavy atom. The highest BCUT2D eigenvalue weighted by atomic mass is 35.5. The van der Waals surface area contributed by atoms with E-state index in [1.165, 1.54) is 0 Å². The molecule has 2 heterocycles. The standard InChI is InChI=1S/C21H21ClN4O3/c22-14-5-7-15(8-6-14)25-9-11-26(12-10-25)19(27)13-18-21(29)23-17-4-2-1-3-16(17)20(28)24-18/h1-8,18H,9-13H2,(H,23,29)(H,24,28)/t18-/m1/s1. The maximum Gasteiger partial charge on any atom is 0.254 e. The molecule has 2 aromatic carbocycles. The van der Waals surface area contributed by atoms with Crippen LogP contribution in [0, 0.1) is 0 Å². The van der Waals surface area contributed by atoms with Gasteiger partial charge in [-0.15, -0.1) is 0 Å². The van der Waals surface area contributed by atoms with Gasteiger partial charge >= 0.3 is 0 Å². The van der Waals surface area contributed by atoms with E-state index < -0.39 is 6.04 Å². The number of piperazine rings is 1. The number of benzene rings is 2. The van der Waals surface area contributed by atoms with E-state index in [2.05, 4.69) is 15.5 Å². The lowest BCUT2D eigenvalue weighted by atomic mass is 10.1. The van der Waals surface area contributed by atoms with Gasteiger partial charge in [-0.3, -0.25) is 14.4 Å². The molecule has 0 unspecified atom stereocenters. The first kappa shape index (κ1) is 19.3.